The summed E-state index contributed by atoms with van der Waals surface area (Å²) in [5.74, 6) is 2.57. The lowest BCUT2D eigenvalue weighted by Gasteiger charge is -2.26. The van der Waals surface area contributed by atoms with Crippen LogP contribution in [0.3, 0.4) is 0 Å². The second-order valence-electron chi connectivity index (χ2n) is 5.58. The number of aliphatic hydroxyl groups excluding tert-OH is 1. The van der Waals surface area contributed by atoms with Crippen molar-refractivity contribution in [1.29, 1.82) is 0 Å². The molecule has 4 heteroatoms. The first-order valence-corrected chi connectivity index (χ1v) is 7.10. The molecule has 0 amide bonds. The molecular weight excluding hydrogens is 262 g/mol. The number of aromatic nitrogens is 2. The fraction of sp³-hybridized carbons (Fsp3) is 0.353. The van der Waals surface area contributed by atoms with Crippen molar-refractivity contribution in [3.63, 3.8) is 0 Å². The summed E-state index contributed by atoms with van der Waals surface area (Å²) >= 11 is 0. The molecule has 0 bridgehead atoms. The summed E-state index contributed by atoms with van der Waals surface area (Å²) in [5.41, 5.74) is 3.40. The molecule has 2 atom stereocenters. The molecule has 1 aromatic carbocycles. The summed E-state index contributed by atoms with van der Waals surface area (Å²) in [6.07, 6.45) is 9.54. The van der Waals surface area contributed by atoms with Crippen molar-refractivity contribution in [3.8, 4) is 12.3 Å². The monoisotopic (exact) mass is 281 g/mol. The van der Waals surface area contributed by atoms with Gasteiger partial charge >= 0.3 is 0 Å². The third-order valence-electron chi connectivity index (χ3n) is 4.11. The van der Waals surface area contributed by atoms with Gasteiger partial charge in [0.1, 0.15) is 6.54 Å². The average molecular weight is 281 g/mol. The van der Waals surface area contributed by atoms with Crippen LogP contribution >= 0.6 is 0 Å². The first-order valence-electron chi connectivity index (χ1n) is 7.10. The van der Waals surface area contributed by atoms with Crippen molar-refractivity contribution in [2.45, 2.75) is 31.7 Å². The molecule has 1 heterocycles. The van der Waals surface area contributed by atoms with Crippen LogP contribution in [0.15, 0.2) is 36.7 Å². The van der Waals surface area contributed by atoms with Gasteiger partial charge in [-0.2, -0.15) is 5.10 Å². The highest BCUT2D eigenvalue weighted by Crippen LogP contribution is 2.34. The largest absolute Gasteiger partial charge is 0.387 e. The van der Waals surface area contributed by atoms with Crippen molar-refractivity contribution >= 4 is 0 Å². The number of hydrogen-bond acceptors (Lipinski definition) is 3. The normalized spacial score (nSPS) is 20.5. The highest BCUT2D eigenvalue weighted by atomic mass is 16.3. The zero-order valence-electron chi connectivity index (χ0n) is 12.1. The van der Waals surface area contributed by atoms with Crippen LogP contribution in [-0.4, -0.2) is 32.9 Å². The second-order valence-corrected chi connectivity index (χ2v) is 5.58. The predicted octanol–water partition coefficient (Wildman–Crippen LogP) is 1.61. The quantitative estimate of drug-likeness (QED) is 0.866. The molecular formula is C17H19N3O. The van der Waals surface area contributed by atoms with Gasteiger partial charge in [0.15, 0.2) is 0 Å². The van der Waals surface area contributed by atoms with Crippen molar-refractivity contribution in [2.75, 3.05) is 7.05 Å². The Bertz CT molecular complexity index is 671. The lowest BCUT2D eigenvalue weighted by molar-refractivity contribution is 0.0721. The summed E-state index contributed by atoms with van der Waals surface area (Å²) in [6, 6.07) is 8.22. The minimum Gasteiger partial charge on any atom is -0.387 e. The predicted molar refractivity (Wildman–Crippen MR) is 81.4 cm³/mol. The zero-order valence-corrected chi connectivity index (χ0v) is 12.1. The van der Waals surface area contributed by atoms with Crippen molar-refractivity contribution in [3.05, 3.63) is 53.3 Å². The summed E-state index contributed by atoms with van der Waals surface area (Å²) in [4.78, 5) is 2.18. The third-order valence-corrected chi connectivity index (χ3v) is 4.11. The van der Waals surface area contributed by atoms with Crippen molar-refractivity contribution in [1.82, 2.24) is 14.7 Å². The van der Waals surface area contributed by atoms with Crippen LogP contribution in [0.25, 0.3) is 0 Å². The standard InChI is InChI=1S/C17H19N3O/c1-3-8-20-12-13(10-18-20)11-19(2)16-9-14-6-4-5-7-15(14)17(16)21/h1,4-7,10,12,16-17,21H,8-9,11H2,2H3. The maximum absolute atomic E-state index is 10.5. The topological polar surface area (TPSA) is 41.3 Å². The Hall–Kier alpha value is -2.09. The van der Waals surface area contributed by atoms with Gasteiger partial charge in [0.25, 0.3) is 0 Å². The average Bonchev–Trinajstić information content (AvgIpc) is 3.05. The molecule has 0 radical (unpaired) electrons. The van der Waals surface area contributed by atoms with Crippen LogP contribution in [0, 0.1) is 12.3 Å². The Morgan fingerprint density at radius 3 is 3.05 bits per heavy atom. The van der Waals surface area contributed by atoms with E-state index in [9.17, 15) is 5.11 Å². The molecule has 1 aromatic heterocycles. The maximum atomic E-state index is 10.5. The lowest BCUT2D eigenvalue weighted by atomic mass is 10.1. The molecule has 21 heavy (non-hydrogen) atoms. The summed E-state index contributed by atoms with van der Waals surface area (Å²) in [5, 5.41) is 14.7. The third kappa shape index (κ3) is 2.71. The van der Waals surface area contributed by atoms with Gasteiger partial charge in [-0.25, -0.2) is 0 Å². The second kappa shape index (κ2) is 5.72. The Morgan fingerprint density at radius 1 is 1.48 bits per heavy atom. The number of hydrogen-bond donors (Lipinski definition) is 1. The van der Waals surface area contributed by atoms with E-state index in [0.717, 1.165) is 24.1 Å². The molecule has 1 aliphatic carbocycles. The van der Waals surface area contributed by atoms with Crippen LogP contribution in [-0.2, 0) is 19.5 Å². The van der Waals surface area contributed by atoms with Gasteiger partial charge in [-0.3, -0.25) is 9.58 Å². The SMILES string of the molecule is C#CCn1cc(CN(C)C2Cc3ccccc3C2O)cn1. The summed E-state index contributed by atoms with van der Waals surface area (Å²) in [6.45, 7) is 1.24. The Kier molecular flexibility index (Phi) is 3.78. The van der Waals surface area contributed by atoms with E-state index in [1.807, 2.05) is 37.6 Å². The smallest absolute Gasteiger partial charge is 0.101 e. The first kappa shape index (κ1) is 13.9. The Labute approximate surface area is 125 Å². The summed E-state index contributed by atoms with van der Waals surface area (Å²) in [7, 11) is 2.04. The van der Waals surface area contributed by atoms with Crippen LogP contribution in [0.4, 0.5) is 0 Å². The van der Waals surface area contributed by atoms with Crippen LogP contribution in [0.1, 0.15) is 22.8 Å². The number of likely N-dealkylation sites (N-methyl/N-ethyl adjacent to an activating group) is 1. The maximum Gasteiger partial charge on any atom is 0.101 e. The number of aliphatic hydroxyl groups is 1. The van der Waals surface area contributed by atoms with E-state index >= 15 is 0 Å². The van der Waals surface area contributed by atoms with Crippen LogP contribution in [0.2, 0.25) is 0 Å². The van der Waals surface area contributed by atoms with E-state index < -0.39 is 6.10 Å². The van der Waals surface area contributed by atoms with E-state index in [4.69, 9.17) is 6.42 Å². The fourth-order valence-electron chi connectivity index (χ4n) is 3.02. The highest BCUT2D eigenvalue weighted by molar-refractivity contribution is 5.35. The molecule has 0 saturated carbocycles. The van der Waals surface area contributed by atoms with E-state index in [2.05, 4.69) is 22.0 Å². The van der Waals surface area contributed by atoms with E-state index in [1.165, 1.54) is 5.56 Å². The number of nitrogens with zero attached hydrogens (tertiary/aromatic N) is 3. The summed E-state index contributed by atoms with van der Waals surface area (Å²) < 4.78 is 1.75. The number of benzene rings is 1. The minimum atomic E-state index is -0.424. The molecule has 3 rings (SSSR count). The van der Waals surface area contributed by atoms with E-state index in [-0.39, 0.29) is 6.04 Å². The van der Waals surface area contributed by atoms with Gasteiger partial charge in [-0.1, -0.05) is 30.2 Å². The Balaban J connectivity index is 1.69. The van der Waals surface area contributed by atoms with Crippen LogP contribution < -0.4 is 0 Å². The highest BCUT2D eigenvalue weighted by Gasteiger charge is 2.33. The molecule has 0 saturated heterocycles. The lowest BCUT2D eigenvalue weighted by Crippen LogP contribution is -2.34. The van der Waals surface area contributed by atoms with Crippen LogP contribution in [0.5, 0.6) is 0 Å². The Morgan fingerprint density at radius 2 is 2.29 bits per heavy atom. The van der Waals surface area contributed by atoms with Gasteiger partial charge < -0.3 is 5.11 Å². The van der Waals surface area contributed by atoms with E-state index in [0.29, 0.717) is 6.54 Å². The molecule has 2 unspecified atom stereocenters. The minimum absolute atomic E-state index is 0.110. The van der Waals surface area contributed by atoms with Crippen molar-refractivity contribution < 1.29 is 5.11 Å². The van der Waals surface area contributed by atoms with Gasteiger partial charge in [0, 0.05) is 24.3 Å². The molecule has 2 aromatic rings. The van der Waals surface area contributed by atoms with Crippen molar-refractivity contribution in [2.24, 2.45) is 0 Å². The van der Waals surface area contributed by atoms with Gasteiger partial charge in [0.2, 0.25) is 0 Å². The van der Waals surface area contributed by atoms with Gasteiger partial charge in [-0.15, -0.1) is 6.42 Å². The first-order chi connectivity index (χ1) is 10.2. The molecule has 1 N–H and O–H groups in total. The molecule has 0 spiro atoms. The van der Waals surface area contributed by atoms with Gasteiger partial charge in [-0.05, 0) is 24.6 Å². The molecule has 0 fully saturated rings. The molecule has 4 nitrogen and oxygen atoms in total. The zero-order chi connectivity index (χ0) is 14.8. The molecule has 1 aliphatic rings. The number of terminal acetylenes is 1. The molecule has 0 aliphatic heterocycles. The fourth-order valence-corrected chi connectivity index (χ4v) is 3.02. The number of fused-ring (bicyclic) bond motifs is 1. The number of rotatable bonds is 4. The van der Waals surface area contributed by atoms with E-state index in [1.54, 1.807) is 4.68 Å². The molecule has 108 valence electrons. The van der Waals surface area contributed by atoms with Gasteiger partial charge in [0.05, 0.1) is 12.3 Å².